The topological polar surface area (TPSA) is 18.5 Å². The lowest BCUT2D eigenvalue weighted by Gasteiger charge is -2.06. The van der Waals surface area contributed by atoms with Gasteiger partial charge in [0.05, 0.1) is 17.8 Å². The predicted molar refractivity (Wildman–Crippen MR) is 52.2 cm³/mol. The summed E-state index contributed by atoms with van der Waals surface area (Å²) in [5, 5.41) is 0. The first kappa shape index (κ1) is 9.57. The third-order valence-corrected chi connectivity index (χ3v) is 2.21. The molecule has 12 heavy (non-hydrogen) atoms. The summed E-state index contributed by atoms with van der Waals surface area (Å²) in [6.07, 6.45) is 0. The van der Waals surface area contributed by atoms with Gasteiger partial charge in [0.2, 0.25) is 0 Å². The summed E-state index contributed by atoms with van der Waals surface area (Å²) in [4.78, 5) is 0. The summed E-state index contributed by atoms with van der Waals surface area (Å²) in [6.45, 7) is 0. The molecule has 0 aliphatic carbocycles. The summed E-state index contributed by atoms with van der Waals surface area (Å²) in [6, 6.07) is 3.00. The van der Waals surface area contributed by atoms with Crippen LogP contribution in [0.25, 0.3) is 0 Å². The van der Waals surface area contributed by atoms with Crippen LogP contribution in [0.15, 0.2) is 12.1 Å². The molecule has 0 saturated carbocycles. The SMILES string of the molecule is COc1cc(F)c(OC)c(I)c1. The van der Waals surface area contributed by atoms with Gasteiger partial charge in [0.15, 0.2) is 11.6 Å². The highest BCUT2D eigenvalue weighted by molar-refractivity contribution is 14.1. The van der Waals surface area contributed by atoms with Crippen molar-refractivity contribution < 1.29 is 13.9 Å². The van der Waals surface area contributed by atoms with E-state index in [0.717, 1.165) is 0 Å². The third kappa shape index (κ3) is 1.80. The monoisotopic (exact) mass is 282 g/mol. The minimum atomic E-state index is -0.402. The average molecular weight is 282 g/mol. The van der Waals surface area contributed by atoms with Crippen LogP contribution < -0.4 is 9.47 Å². The Morgan fingerprint density at radius 3 is 2.33 bits per heavy atom. The minimum Gasteiger partial charge on any atom is -0.497 e. The van der Waals surface area contributed by atoms with Crippen molar-refractivity contribution in [2.24, 2.45) is 0 Å². The normalized spacial score (nSPS) is 9.67. The Labute approximate surface area is 83.8 Å². The van der Waals surface area contributed by atoms with E-state index in [1.807, 2.05) is 22.6 Å². The van der Waals surface area contributed by atoms with Crippen LogP contribution in [0.1, 0.15) is 0 Å². The molecule has 0 saturated heterocycles. The van der Waals surface area contributed by atoms with E-state index in [1.165, 1.54) is 20.3 Å². The van der Waals surface area contributed by atoms with Gasteiger partial charge in [-0.05, 0) is 28.7 Å². The lowest BCUT2D eigenvalue weighted by Crippen LogP contribution is -1.93. The van der Waals surface area contributed by atoms with Crippen LogP contribution in [0.2, 0.25) is 0 Å². The number of benzene rings is 1. The van der Waals surface area contributed by atoms with Crippen molar-refractivity contribution in [3.63, 3.8) is 0 Å². The summed E-state index contributed by atoms with van der Waals surface area (Å²) < 4.78 is 23.5. The second-order valence-corrected chi connectivity index (χ2v) is 3.29. The number of hydrogen-bond donors (Lipinski definition) is 0. The molecule has 1 aromatic rings. The highest BCUT2D eigenvalue weighted by atomic mass is 127. The van der Waals surface area contributed by atoms with Gasteiger partial charge in [-0.15, -0.1) is 0 Å². The molecule has 0 aromatic heterocycles. The molecule has 0 heterocycles. The summed E-state index contributed by atoms with van der Waals surface area (Å²) in [5.41, 5.74) is 0. The van der Waals surface area contributed by atoms with Gasteiger partial charge >= 0.3 is 0 Å². The van der Waals surface area contributed by atoms with Gasteiger partial charge < -0.3 is 9.47 Å². The van der Waals surface area contributed by atoms with Gasteiger partial charge in [-0.1, -0.05) is 0 Å². The van der Waals surface area contributed by atoms with Gasteiger partial charge in [0.1, 0.15) is 5.75 Å². The molecule has 66 valence electrons. The van der Waals surface area contributed by atoms with Gasteiger partial charge in [0.25, 0.3) is 0 Å². The zero-order valence-corrected chi connectivity index (χ0v) is 8.88. The molecule has 0 aliphatic heterocycles. The maximum absolute atomic E-state index is 13.1. The molecule has 0 atom stereocenters. The Bertz CT molecular complexity index is 265. The van der Waals surface area contributed by atoms with Crippen molar-refractivity contribution in [2.45, 2.75) is 0 Å². The van der Waals surface area contributed by atoms with E-state index in [2.05, 4.69) is 0 Å². The zero-order chi connectivity index (χ0) is 9.14. The van der Waals surface area contributed by atoms with Gasteiger partial charge in [-0.2, -0.15) is 0 Å². The van der Waals surface area contributed by atoms with Crippen LogP contribution in [0.4, 0.5) is 4.39 Å². The van der Waals surface area contributed by atoms with Crippen LogP contribution in [-0.4, -0.2) is 14.2 Å². The molecule has 4 heteroatoms. The van der Waals surface area contributed by atoms with E-state index < -0.39 is 5.82 Å². The molecule has 1 rings (SSSR count). The molecule has 2 nitrogen and oxygen atoms in total. The Hall–Kier alpha value is -0.520. The Kier molecular flexibility index (Phi) is 3.13. The van der Waals surface area contributed by atoms with Crippen LogP contribution in [0.5, 0.6) is 11.5 Å². The molecule has 0 N–H and O–H groups in total. The maximum Gasteiger partial charge on any atom is 0.169 e. The first-order valence-electron chi connectivity index (χ1n) is 3.26. The van der Waals surface area contributed by atoms with E-state index in [4.69, 9.17) is 9.47 Å². The van der Waals surface area contributed by atoms with E-state index in [9.17, 15) is 4.39 Å². The average Bonchev–Trinajstić information content (AvgIpc) is 2.03. The van der Waals surface area contributed by atoms with Crippen LogP contribution in [0.3, 0.4) is 0 Å². The second-order valence-electron chi connectivity index (χ2n) is 2.12. The largest absolute Gasteiger partial charge is 0.497 e. The second kappa shape index (κ2) is 3.93. The van der Waals surface area contributed by atoms with Gasteiger partial charge in [-0.25, -0.2) is 4.39 Å². The standard InChI is InChI=1S/C8H8FIO2/c1-11-5-3-6(9)8(12-2)7(10)4-5/h3-4H,1-2H3. The smallest absolute Gasteiger partial charge is 0.169 e. The quantitative estimate of drug-likeness (QED) is 0.776. The summed E-state index contributed by atoms with van der Waals surface area (Å²) >= 11 is 1.99. The number of halogens is 2. The van der Waals surface area contributed by atoms with Crippen molar-refractivity contribution in [3.05, 3.63) is 21.5 Å². The fourth-order valence-corrected chi connectivity index (χ4v) is 1.63. The molecular formula is C8H8FIO2. The zero-order valence-electron chi connectivity index (χ0n) is 6.73. The number of methoxy groups -OCH3 is 2. The van der Waals surface area contributed by atoms with E-state index in [-0.39, 0.29) is 5.75 Å². The Balaban J connectivity index is 3.18. The Morgan fingerprint density at radius 1 is 1.25 bits per heavy atom. The fraction of sp³-hybridized carbons (Fsp3) is 0.250. The molecule has 0 radical (unpaired) electrons. The molecule has 0 amide bonds. The predicted octanol–water partition coefficient (Wildman–Crippen LogP) is 2.45. The number of ether oxygens (including phenoxy) is 2. The van der Waals surface area contributed by atoms with Gasteiger partial charge in [-0.3, -0.25) is 0 Å². The van der Waals surface area contributed by atoms with Crippen molar-refractivity contribution in [3.8, 4) is 11.5 Å². The first-order chi connectivity index (χ1) is 5.69. The van der Waals surface area contributed by atoms with Gasteiger partial charge in [0, 0.05) is 6.07 Å². The van der Waals surface area contributed by atoms with Crippen LogP contribution in [0, 0.1) is 9.39 Å². The lowest BCUT2D eigenvalue weighted by atomic mass is 10.3. The molecule has 1 aromatic carbocycles. The number of hydrogen-bond acceptors (Lipinski definition) is 2. The molecule has 0 unspecified atom stereocenters. The maximum atomic E-state index is 13.1. The summed E-state index contributed by atoms with van der Waals surface area (Å²) in [7, 11) is 2.93. The summed E-state index contributed by atoms with van der Waals surface area (Å²) in [5.74, 6) is 0.357. The molecule has 0 bridgehead atoms. The fourth-order valence-electron chi connectivity index (χ4n) is 0.849. The Morgan fingerprint density at radius 2 is 1.92 bits per heavy atom. The van der Waals surface area contributed by atoms with E-state index in [1.54, 1.807) is 6.07 Å². The van der Waals surface area contributed by atoms with E-state index >= 15 is 0 Å². The first-order valence-corrected chi connectivity index (χ1v) is 4.34. The minimum absolute atomic E-state index is 0.261. The molecule has 0 fully saturated rings. The highest BCUT2D eigenvalue weighted by Crippen LogP contribution is 2.28. The van der Waals surface area contributed by atoms with Crippen LogP contribution in [-0.2, 0) is 0 Å². The molecular weight excluding hydrogens is 274 g/mol. The van der Waals surface area contributed by atoms with Crippen LogP contribution >= 0.6 is 22.6 Å². The van der Waals surface area contributed by atoms with Crippen molar-refractivity contribution in [1.29, 1.82) is 0 Å². The van der Waals surface area contributed by atoms with Crippen molar-refractivity contribution >= 4 is 22.6 Å². The van der Waals surface area contributed by atoms with Crippen molar-refractivity contribution in [2.75, 3.05) is 14.2 Å². The third-order valence-electron chi connectivity index (χ3n) is 1.41. The van der Waals surface area contributed by atoms with E-state index in [0.29, 0.717) is 9.32 Å². The highest BCUT2D eigenvalue weighted by Gasteiger charge is 2.08. The molecule has 0 aliphatic rings. The van der Waals surface area contributed by atoms with Crippen molar-refractivity contribution in [1.82, 2.24) is 0 Å². The molecule has 0 spiro atoms. The number of rotatable bonds is 2. The lowest BCUT2D eigenvalue weighted by molar-refractivity contribution is 0.374.